The molecule has 0 aromatic heterocycles. The molecule has 0 aliphatic carbocycles. The number of sulfonamides is 1. The Morgan fingerprint density at radius 2 is 2.07 bits per heavy atom. The van der Waals surface area contributed by atoms with Crippen LogP contribution in [0, 0.1) is 5.82 Å². The molecule has 0 aliphatic heterocycles. The van der Waals surface area contributed by atoms with Gasteiger partial charge in [0.25, 0.3) is 5.24 Å². The third-order valence-corrected chi connectivity index (χ3v) is 3.34. The van der Waals surface area contributed by atoms with E-state index in [0.717, 1.165) is 18.2 Å². The van der Waals surface area contributed by atoms with E-state index < -0.39 is 26.6 Å². The largest absolute Gasteiger partial charge is 0.275 e. The maximum Gasteiger partial charge on any atom is 0.255 e. The minimum Gasteiger partial charge on any atom is -0.275 e. The van der Waals surface area contributed by atoms with Gasteiger partial charge in [-0.3, -0.25) is 4.79 Å². The van der Waals surface area contributed by atoms with E-state index in [1.54, 1.807) is 0 Å². The minimum absolute atomic E-state index is 0.213. The van der Waals surface area contributed by atoms with Gasteiger partial charge in [-0.05, 0) is 36.8 Å². The van der Waals surface area contributed by atoms with Crippen LogP contribution in [-0.2, 0) is 10.0 Å². The lowest BCUT2D eigenvalue weighted by molar-refractivity contribution is 0.107. The number of halogens is 2. The first-order chi connectivity index (χ1) is 6.88. The highest BCUT2D eigenvalue weighted by Crippen LogP contribution is 2.16. The van der Waals surface area contributed by atoms with Crippen molar-refractivity contribution in [2.75, 3.05) is 7.05 Å². The Morgan fingerprint density at radius 3 is 2.53 bits per heavy atom. The summed E-state index contributed by atoms with van der Waals surface area (Å²) < 4.78 is 37.6. The van der Waals surface area contributed by atoms with Gasteiger partial charge >= 0.3 is 0 Å². The van der Waals surface area contributed by atoms with Crippen molar-refractivity contribution < 1.29 is 17.6 Å². The molecule has 0 fully saturated rings. The van der Waals surface area contributed by atoms with Crippen molar-refractivity contribution in [3.05, 3.63) is 29.6 Å². The van der Waals surface area contributed by atoms with E-state index in [1.807, 2.05) is 4.72 Å². The zero-order chi connectivity index (χ0) is 11.6. The van der Waals surface area contributed by atoms with Crippen LogP contribution in [0.25, 0.3) is 0 Å². The van der Waals surface area contributed by atoms with E-state index >= 15 is 0 Å². The molecule has 1 aromatic rings. The summed E-state index contributed by atoms with van der Waals surface area (Å²) in [6.07, 6.45) is 0. The van der Waals surface area contributed by atoms with Crippen LogP contribution in [0.15, 0.2) is 23.1 Å². The van der Waals surface area contributed by atoms with Crippen molar-refractivity contribution in [1.29, 1.82) is 0 Å². The van der Waals surface area contributed by atoms with E-state index in [4.69, 9.17) is 11.6 Å². The van der Waals surface area contributed by atoms with Crippen LogP contribution in [-0.4, -0.2) is 20.7 Å². The van der Waals surface area contributed by atoms with Gasteiger partial charge in [-0.15, -0.1) is 0 Å². The van der Waals surface area contributed by atoms with Gasteiger partial charge in [0.2, 0.25) is 10.0 Å². The maximum atomic E-state index is 13.0. The molecular formula is C8H7ClFNO3S. The van der Waals surface area contributed by atoms with Crippen molar-refractivity contribution in [3.63, 3.8) is 0 Å². The van der Waals surface area contributed by atoms with Crippen LogP contribution < -0.4 is 4.72 Å². The van der Waals surface area contributed by atoms with E-state index in [9.17, 15) is 17.6 Å². The van der Waals surface area contributed by atoms with Crippen LogP contribution in [0.1, 0.15) is 10.4 Å². The van der Waals surface area contributed by atoms with Crippen LogP contribution >= 0.6 is 11.6 Å². The Morgan fingerprint density at radius 1 is 1.47 bits per heavy atom. The van der Waals surface area contributed by atoms with Crippen molar-refractivity contribution in [1.82, 2.24) is 4.72 Å². The lowest BCUT2D eigenvalue weighted by Crippen LogP contribution is -2.19. The summed E-state index contributed by atoms with van der Waals surface area (Å²) in [7, 11) is -2.49. The first-order valence-corrected chi connectivity index (χ1v) is 5.67. The van der Waals surface area contributed by atoms with Crippen molar-refractivity contribution in [2.45, 2.75) is 4.90 Å². The predicted octanol–water partition coefficient (Wildman–Crippen LogP) is 1.11. The monoisotopic (exact) mass is 251 g/mol. The van der Waals surface area contributed by atoms with Gasteiger partial charge in [0.05, 0.1) is 10.5 Å². The molecule has 7 heteroatoms. The highest BCUT2D eigenvalue weighted by atomic mass is 35.5. The number of rotatable bonds is 3. The molecule has 0 heterocycles. The number of carbonyl (C=O) groups is 1. The Balaban J connectivity index is 3.38. The van der Waals surface area contributed by atoms with Gasteiger partial charge in [0.1, 0.15) is 5.82 Å². The molecule has 0 atom stereocenters. The molecule has 0 saturated carbocycles. The third kappa shape index (κ3) is 2.53. The molecule has 0 saturated heterocycles. The number of carbonyl (C=O) groups excluding carboxylic acids is 1. The van der Waals surface area contributed by atoms with Crippen molar-refractivity contribution >= 4 is 26.9 Å². The van der Waals surface area contributed by atoms with Gasteiger partial charge in [0.15, 0.2) is 0 Å². The Kier molecular flexibility index (Phi) is 3.43. The van der Waals surface area contributed by atoms with Gasteiger partial charge in [-0.1, -0.05) is 0 Å². The average molecular weight is 252 g/mol. The first kappa shape index (κ1) is 12.1. The smallest absolute Gasteiger partial charge is 0.255 e. The zero-order valence-electron chi connectivity index (χ0n) is 7.62. The van der Waals surface area contributed by atoms with E-state index in [2.05, 4.69) is 0 Å². The first-order valence-electron chi connectivity index (χ1n) is 3.81. The molecule has 15 heavy (non-hydrogen) atoms. The van der Waals surface area contributed by atoms with E-state index in [0.29, 0.717) is 0 Å². The summed E-state index contributed by atoms with van der Waals surface area (Å²) in [5.74, 6) is -0.856. The van der Waals surface area contributed by atoms with Gasteiger partial charge in [0, 0.05) is 0 Å². The summed E-state index contributed by atoms with van der Waals surface area (Å²) in [6.45, 7) is 0. The topological polar surface area (TPSA) is 63.2 Å². The standard InChI is InChI=1S/C8H7ClFNO3S/c1-11-15(13,14)5-2-3-7(10)6(4-5)8(9)12/h2-4,11H,1H3. The molecule has 0 radical (unpaired) electrons. The summed E-state index contributed by atoms with van der Waals surface area (Å²) >= 11 is 5.08. The van der Waals surface area contributed by atoms with Crippen molar-refractivity contribution in [2.24, 2.45) is 0 Å². The van der Waals surface area contributed by atoms with Gasteiger partial charge < -0.3 is 0 Å². The van der Waals surface area contributed by atoms with Crippen LogP contribution in [0.3, 0.4) is 0 Å². The summed E-state index contributed by atoms with van der Waals surface area (Å²) in [6, 6.07) is 2.81. The summed E-state index contributed by atoms with van der Waals surface area (Å²) in [4.78, 5) is 10.5. The molecule has 1 aromatic carbocycles. The Hall–Kier alpha value is -0.980. The fourth-order valence-corrected chi connectivity index (χ4v) is 1.84. The van der Waals surface area contributed by atoms with Crippen molar-refractivity contribution in [3.8, 4) is 0 Å². The molecule has 4 nitrogen and oxygen atoms in total. The molecule has 0 aliphatic rings. The summed E-state index contributed by atoms with van der Waals surface area (Å²) in [5, 5.41) is -1.04. The average Bonchev–Trinajstić information content (AvgIpc) is 2.17. The fourth-order valence-electron chi connectivity index (χ4n) is 0.940. The van der Waals surface area contributed by atoms with Crippen LogP contribution in [0.4, 0.5) is 4.39 Å². The summed E-state index contributed by atoms with van der Waals surface area (Å²) in [5.41, 5.74) is -0.465. The van der Waals surface area contributed by atoms with Crippen LogP contribution in [0.2, 0.25) is 0 Å². The maximum absolute atomic E-state index is 13.0. The molecular weight excluding hydrogens is 245 g/mol. The number of hydrogen-bond donors (Lipinski definition) is 1. The SMILES string of the molecule is CNS(=O)(=O)c1ccc(F)c(C(=O)Cl)c1. The van der Waals surface area contributed by atoms with Crippen LogP contribution in [0.5, 0.6) is 0 Å². The minimum atomic E-state index is -3.70. The van der Waals surface area contributed by atoms with E-state index in [-0.39, 0.29) is 4.90 Å². The number of nitrogens with one attached hydrogen (secondary N) is 1. The second kappa shape index (κ2) is 4.26. The normalized spacial score (nSPS) is 11.4. The molecule has 0 bridgehead atoms. The highest BCUT2D eigenvalue weighted by Gasteiger charge is 2.16. The van der Waals surface area contributed by atoms with Gasteiger partial charge in [-0.25, -0.2) is 17.5 Å². The molecule has 1 rings (SSSR count). The lowest BCUT2D eigenvalue weighted by Gasteiger charge is -2.03. The van der Waals surface area contributed by atoms with E-state index in [1.165, 1.54) is 7.05 Å². The Bertz CT molecular complexity index is 501. The quantitative estimate of drug-likeness (QED) is 0.819. The molecule has 1 N–H and O–H groups in total. The second-order valence-corrected chi connectivity index (χ2v) is 4.85. The third-order valence-electron chi connectivity index (χ3n) is 1.73. The molecule has 0 amide bonds. The molecule has 0 unspecified atom stereocenters. The highest BCUT2D eigenvalue weighted by molar-refractivity contribution is 7.89. The second-order valence-electron chi connectivity index (χ2n) is 2.62. The Labute approximate surface area is 91.1 Å². The van der Waals surface area contributed by atoms with Gasteiger partial charge in [-0.2, -0.15) is 0 Å². The molecule has 0 spiro atoms. The predicted molar refractivity (Wildman–Crippen MR) is 52.8 cm³/mol. The fraction of sp³-hybridized carbons (Fsp3) is 0.125. The number of hydrogen-bond acceptors (Lipinski definition) is 3. The lowest BCUT2D eigenvalue weighted by atomic mass is 10.2. The zero-order valence-corrected chi connectivity index (χ0v) is 9.19. The number of benzene rings is 1. The molecule has 82 valence electrons.